The maximum Gasteiger partial charge on any atom is -0.00851 e. The zero-order chi connectivity index (χ0) is 20.1. The predicted molar refractivity (Wildman–Crippen MR) is 122 cm³/mol. The molecule has 0 heterocycles. The van der Waals surface area contributed by atoms with E-state index >= 15 is 0 Å². The first-order valence-corrected chi connectivity index (χ1v) is 12.9. The standard InChI is InChI=1S/C28H48/c1-19(2)8-7-9-21(4)24-12-13-25-23-11-10-22-18-20(3)14-16-27(22,5)26(23)15-17-28(24,25)6/h10,19-21,23-26H,7-9,11-18H2,1-6H3/t20-,21-,23+,24-,25+,26+,27+,28-/m1/s1. The molecule has 0 aliphatic heterocycles. The molecule has 3 saturated carbocycles. The Morgan fingerprint density at radius 3 is 2.50 bits per heavy atom. The van der Waals surface area contributed by atoms with Crippen LogP contribution in [0.3, 0.4) is 0 Å². The molecule has 4 aliphatic rings. The number of rotatable bonds is 5. The fourth-order valence-electron chi connectivity index (χ4n) is 8.87. The van der Waals surface area contributed by atoms with Crippen molar-refractivity contribution in [3.05, 3.63) is 11.6 Å². The molecule has 0 radical (unpaired) electrons. The van der Waals surface area contributed by atoms with Crippen molar-refractivity contribution in [3.63, 3.8) is 0 Å². The Hall–Kier alpha value is -0.260. The Kier molecular flexibility index (Phi) is 5.83. The summed E-state index contributed by atoms with van der Waals surface area (Å²) in [5.41, 5.74) is 3.06. The van der Waals surface area contributed by atoms with Gasteiger partial charge in [0.15, 0.2) is 0 Å². The van der Waals surface area contributed by atoms with Crippen molar-refractivity contribution in [2.24, 2.45) is 52.3 Å². The second-order valence-corrected chi connectivity index (χ2v) is 12.6. The van der Waals surface area contributed by atoms with Crippen LogP contribution in [0.25, 0.3) is 0 Å². The number of hydrogen-bond donors (Lipinski definition) is 0. The first kappa shape index (κ1) is 21.0. The molecule has 0 spiro atoms. The van der Waals surface area contributed by atoms with Crippen LogP contribution in [0.2, 0.25) is 0 Å². The van der Waals surface area contributed by atoms with Crippen LogP contribution in [0.15, 0.2) is 11.6 Å². The minimum atomic E-state index is 0.553. The van der Waals surface area contributed by atoms with E-state index in [2.05, 4.69) is 47.6 Å². The van der Waals surface area contributed by atoms with E-state index in [1.165, 1.54) is 70.6 Å². The summed E-state index contributed by atoms with van der Waals surface area (Å²) >= 11 is 0. The van der Waals surface area contributed by atoms with E-state index in [0.29, 0.717) is 10.8 Å². The number of hydrogen-bond acceptors (Lipinski definition) is 0. The normalized spacial score (nSPS) is 46.5. The van der Waals surface area contributed by atoms with Gasteiger partial charge in [0, 0.05) is 0 Å². The van der Waals surface area contributed by atoms with E-state index in [-0.39, 0.29) is 0 Å². The third-order valence-electron chi connectivity index (χ3n) is 10.6. The number of fused-ring (bicyclic) bond motifs is 5. The topological polar surface area (TPSA) is 0 Å². The van der Waals surface area contributed by atoms with Crippen molar-refractivity contribution in [2.75, 3.05) is 0 Å². The molecule has 4 aliphatic carbocycles. The van der Waals surface area contributed by atoms with Gasteiger partial charge in [-0.25, -0.2) is 0 Å². The molecule has 160 valence electrons. The highest BCUT2D eigenvalue weighted by atomic mass is 14.6. The molecule has 0 amide bonds. The molecule has 0 saturated heterocycles. The average molecular weight is 385 g/mol. The Morgan fingerprint density at radius 2 is 1.75 bits per heavy atom. The highest BCUT2D eigenvalue weighted by Crippen LogP contribution is 2.67. The van der Waals surface area contributed by atoms with Gasteiger partial charge >= 0.3 is 0 Å². The molecule has 0 heteroatoms. The molecule has 8 atom stereocenters. The molecule has 0 N–H and O–H groups in total. The minimum Gasteiger partial charge on any atom is -0.0845 e. The first-order chi connectivity index (χ1) is 13.3. The van der Waals surface area contributed by atoms with Gasteiger partial charge in [0.2, 0.25) is 0 Å². The van der Waals surface area contributed by atoms with Crippen LogP contribution in [0.5, 0.6) is 0 Å². The van der Waals surface area contributed by atoms with E-state index in [9.17, 15) is 0 Å². The zero-order valence-electron chi connectivity index (χ0n) is 19.9. The van der Waals surface area contributed by atoms with Crippen LogP contribution in [0.1, 0.15) is 112 Å². The third kappa shape index (κ3) is 3.43. The van der Waals surface area contributed by atoms with E-state index in [0.717, 1.165) is 41.4 Å². The SMILES string of the molecule is CC(C)CCC[C@@H](C)[C@H]1CC[C@H]2[C@@H]3CC=C4C[C@H](C)CC[C@]4(C)[C@H]3CC[C@]12C. The molecule has 0 nitrogen and oxygen atoms in total. The molecule has 3 fully saturated rings. The Labute approximate surface area is 176 Å². The van der Waals surface area contributed by atoms with E-state index in [1.54, 1.807) is 0 Å². The maximum atomic E-state index is 2.75. The van der Waals surface area contributed by atoms with Crippen molar-refractivity contribution in [1.29, 1.82) is 0 Å². The Morgan fingerprint density at radius 1 is 0.964 bits per heavy atom. The smallest absolute Gasteiger partial charge is 0.00851 e. The molecule has 0 unspecified atom stereocenters. The lowest BCUT2D eigenvalue weighted by atomic mass is 9.46. The van der Waals surface area contributed by atoms with Gasteiger partial charge in [-0.05, 0) is 104 Å². The molecule has 0 aromatic rings. The summed E-state index contributed by atoms with van der Waals surface area (Å²) in [4.78, 5) is 0. The summed E-state index contributed by atoms with van der Waals surface area (Å²) in [5, 5.41) is 0. The molecule has 4 rings (SSSR count). The lowest BCUT2D eigenvalue weighted by Gasteiger charge is -2.58. The van der Waals surface area contributed by atoms with E-state index < -0.39 is 0 Å². The first-order valence-electron chi connectivity index (χ1n) is 12.9. The highest BCUT2D eigenvalue weighted by Gasteiger charge is 2.58. The van der Waals surface area contributed by atoms with E-state index in [1.807, 2.05) is 5.57 Å². The van der Waals surface area contributed by atoms with Crippen molar-refractivity contribution in [2.45, 2.75) is 112 Å². The summed E-state index contributed by atoms with van der Waals surface area (Å²) in [7, 11) is 0. The highest BCUT2D eigenvalue weighted by molar-refractivity contribution is 5.25. The van der Waals surface area contributed by atoms with Crippen LogP contribution in [-0.2, 0) is 0 Å². The summed E-state index contributed by atoms with van der Waals surface area (Å²) in [6, 6.07) is 0. The quantitative estimate of drug-likeness (QED) is 0.416. The molecule has 0 aromatic carbocycles. The van der Waals surface area contributed by atoms with Gasteiger partial charge < -0.3 is 0 Å². The second kappa shape index (κ2) is 7.77. The maximum absolute atomic E-state index is 2.75. The molecular formula is C28H48. The Balaban J connectivity index is 1.49. The summed E-state index contributed by atoms with van der Waals surface area (Å²) in [6.45, 7) is 15.3. The van der Waals surface area contributed by atoms with Gasteiger partial charge in [0.1, 0.15) is 0 Å². The van der Waals surface area contributed by atoms with Gasteiger partial charge in [-0.2, -0.15) is 0 Å². The monoisotopic (exact) mass is 384 g/mol. The lowest BCUT2D eigenvalue weighted by Crippen LogP contribution is -2.50. The van der Waals surface area contributed by atoms with Crippen LogP contribution in [0.4, 0.5) is 0 Å². The molecule has 28 heavy (non-hydrogen) atoms. The summed E-state index contributed by atoms with van der Waals surface area (Å²) < 4.78 is 0. The lowest BCUT2D eigenvalue weighted by molar-refractivity contribution is -0.0523. The molecule has 0 bridgehead atoms. The fraction of sp³-hybridized carbons (Fsp3) is 0.929. The van der Waals surface area contributed by atoms with Gasteiger partial charge in [0.05, 0.1) is 0 Å². The summed E-state index contributed by atoms with van der Waals surface area (Å²) in [6.07, 6.45) is 19.0. The fourth-order valence-corrected chi connectivity index (χ4v) is 8.87. The number of allylic oxidation sites excluding steroid dienone is 2. The predicted octanol–water partition coefficient (Wildman–Crippen LogP) is 8.66. The Bertz CT molecular complexity index is 585. The summed E-state index contributed by atoms with van der Waals surface area (Å²) in [5.74, 6) is 6.73. The third-order valence-corrected chi connectivity index (χ3v) is 10.6. The zero-order valence-corrected chi connectivity index (χ0v) is 19.9. The van der Waals surface area contributed by atoms with Crippen LogP contribution < -0.4 is 0 Å². The molecular weight excluding hydrogens is 336 g/mol. The molecule has 0 aromatic heterocycles. The largest absolute Gasteiger partial charge is 0.0845 e. The van der Waals surface area contributed by atoms with Crippen LogP contribution in [0, 0.1) is 52.3 Å². The van der Waals surface area contributed by atoms with Crippen LogP contribution >= 0.6 is 0 Å². The van der Waals surface area contributed by atoms with Crippen LogP contribution in [-0.4, -0.2) is 0 Å². The van der Waals surface area contributed by atoms with Gasteiger partial charge in [0.25, 0.3) is 0 Å². The van der Waals surface area contributed by atoms with Crippen molar-refractivity contribution >= 4 is 0 Å². The van der Waals surface area contributed by atoms with Gasteiger partial charge in [-0.15, -0.1) is 0 Å². The van der Waals surface area contributed by atoms with Crippen molar-refractivity contribution in [3.8, 4) is 0 Å². The van der Waals surface area contributed by atoms with Crippen molar-refractivity contribution in [1.82, 2.24) is 0 Å². The second-order valence-electron chi connectivity index (χ2n) is 12.6. The average Bonchev–Trinajstić information content (AvgIpc) is 2.99. The van der Waals surface area contributed by atoms with Crippen molar-refractivity contribution < 1.29 is 0 Å². The van der Waals surface area contributed by atoms with Gasteiger partial charge in [-0.1, -0.05) is 72.5 Å². The van der Waals surface area contributed by atoms with E-state index in [4.69, 9.17) is 0 Å². The minimum absolute atomic E-state index is 0.553. The van der Waals surface area contributed by atoms with Gasteiger partial charge in [-0.3, -0.25) is 0 Å².